The number of hydrogen-bond donors (Lipinski definition) is 1. The van der Waals surface area contributed by atoms with E-state index in [0.717, 1.165) is 17.7 Å². The van der Waals surface area contributed by atoms with E-state index in [1.54, 1.807) is 0 Å². The molecule has 0 radical (unpaired) electrons. The molecule has 0 saturated carbocycles. The lowest BCUT2D eigenvalue weighted by Crippen LogP contribution is -2.10. The maximum absolute atomic E-state index is 10.8. The van der Waals surface area contributed by atoms with Crippen molar-refractivity contribution < 1.29 is 14.6 Å². The van der Waals surface area contributed by atoms with E-state index in [9.17, 15) is 4.79 Å². The molecule has 2 aromatic carbocycles. The van der Waals surface area contributed by atoms with Crippen molar-refractivity contribution in [1.29, 1.82) is 0 Å². The highest BCUT2D eigenvalue weighted by atomic mass is 32.2. The molecule has 7 heteroatoms. The molecule has 0 aliphatic heterocycles. The Morgan fingerprint density at radius 1 is 1.07 bits per heavy atom. The second kappa shape index (κ2) is 9.94. The van der Waals surface area contributed by atoms with Crippen LogP contribution in [0.1, 0.15) is 30.3 Å². The lowest BCUT2D eigenvalue weighted by atomic mass is 10.2. The van der Waals surface area contributed by atoms with E-state index in [-0.39, 0.29) is 6.42 Å². The number of benzene rings is 2. The normalized spacial score (nSPS) is 10.8. The van der Waals surface area contributed by atoms with Crippen molar-refractivity contribution in [2.75, 3.05) is 5.75 Å². The van der Waals surface area contributed by atoms with Gasteiger partial charge in [0.15, 0.2) is 11.0 Å². The average Bonchev–Trinajstić information content (AvgIpc) is 3.09. The van der Waals surface area contributed by atoms with E-state index in [1.807, 2.05) is 47.0 Å². The number of aromatic nitrogens is 3. The third kappa shape index (κ3) is 5.60. The Balaban J connectivity index is 1.74. The summed E-state index contributed by atoms with van der Waals surface area (Å²) in [7, 11) is 0. The Kier molecular flexibility index (Phi) is 7.08. The summed E-state index contributed by atoms with van der Waals surface area (Å²) in [5.74, 6) is 1.12. The van der Waals surface area contributed by atoms with Crippen LogP contribution in [0, 0.1) is 0 Å². The fourth-order valence-corrected chi connectivity index (χ4v) is 3.54. The van der Waals surface area contributed by atoms with Gasteiger partial charge in [-0.1, -0.05) is 61.2 Å². The fraction of sp³-hybridized carbons (Fsp3) is 0.286. The van der Waals surface area contributed by atoms with Gasteiger partial charge in [-0.05, 0) is 29.7 Å². The van der Waals surface area contributed by atoms with Gasteiger partial charge >= 0.3 is 5.97 Å². The average molecular weight is 398 g/mol. The van der Waals surface area contributed by atoms with Crippen molar-refractivity contribution in [2.24, 2.45) is 0 Å². The molecule has 0 atom stereocenters. The van der Waals surface area contributed by atoms with Crippen LogP contribution in [-0.2, 0) is 24.4 Å². The largest absolute Gasteiger partial charge is 0.486 e. The highest BCUT2D eigenvalue weighted by Gasteiger charge is 2.14. The number of hydrogen-bond acceptors (Lipinski definition) is 5. The predicted molar refractivity (Wildman–Crippen MR) is 109 cm³/mol. The number of carboxylic acid groups (broad SMARTS) is 1. The van der Waals surface area contributed by atoms with Crippen LogP contribution in [0.4, 0.5) is 0 Å². The number of carbonyl (C=O) groups is 1. The molecule has 0 amide bonds. The summed E-state index contributed by atoms with van der Waals surface area (Å²) < 4.78 is 7.89. The molecule has 6 nitrogen and oxygen atoms in total. The van der Waals surface area contributed by atoms with Gasteiger partial charge in [0, 0.05) is 5.75 Å². The number of rotatable bonds is 10. The smallest absolute Gasteiger partial charge is 0.304 e. The summed E-state index contributed by atoms with van der Waals surface area (Å²) in [5.41, 5.74) is 2.38. The number of carboxylic acids is 1. The molecule has 1 N–H and O–H groups in total. The van der Waals surface area contributed by atoms with Crippen LogP contribution in [-0.4, -0.2) is 31.6 Å². The standard InChI is InChI=1S/C21H23N3O3S/c1-2-16-8-10-18(11-9-16)27-15-19-22-23-21(28-13-12-20(25)26)24(19)14-17-6-4-3-5-7-17/h3-11H,2,12-15H2,1H3,(H,25,26). The van der Waals surface area contributed by atoms with Crippen LogP contribution in [0.2, 0.25) is 0 Å². The molecule has 3 rings (SSSR count). The highest BCUT2D eigenvalue weighted by Crippen LogP contribution is 2.21. The molecule has 3 aromatic rings. The van der Waals surface area contributed by atoms with Crippen LogP contribution < -0.4 is 4.74 Å². The van der Waals surface area contributed by atoms with Gasteiger partial charge in [-0.15, -0.1) is 10.2 Å². The molecule has 0 saturated heterocycles. The molecule has 1 heterocycles. The monoisotopic (exact) mass is 397 g/mol. The Bertz CT molecular complexity index is 895. The summed E-state index contributed by atoms with van der Waals surface area (Å²) in [6, 6.07) is 18.1. The Morgan fingerprint density at radius 3 is 2.50 bits per heavy atom. The summed E-state index contributed by atoms with van der Waals surface area (Å²) >= 11 is 1.40. The lowest BCUT2D eigenvalue weighted by Gasteiger charge is -2.11. The van der Waals surface area contributed by atoms with Gasteiger partial charge in [0.1, 0.15) is 12.4 Å². The molecular formula is C21H23N3O3S. The van der Waals surface area contributed by atoms with E-state index in [0.29, 0.717) is 29.9 Å². The van der Waals surface area contributed by atoms with Gasteiger partial charge < -0.3 is 9.84 Å². The number of ether oxygens (including phenoxy) is 1. The van der Waals surface area contributed by atoms with Crippen molar-refractivity contribution in [3.63, 3.8) is 0 Å². The third-order valence-corrected chi connectivity index (χ3v) is 5.19. The molecule has 0 fully saturated rings. The van der Waals surface area contributed by atoms with E-state index in [1.165, 1.54) is 17.3 Å². The van der Waals surface area contributed by atoms with Crippen LogP contribution in [0.15, 0.2) is 59.8 Å². The Hall–Kier alpha value is -2.80. The van der Waals surface area contributed by atoms with Gasteiger partial charge in [-0.3, -0.25) is 9.36 Å². The zero-order chi connectivity index (χ0) is 19.8. The van der Waals surface area contributed by atoms with Gasteiger partial charge in [0.05, 0.1) is 13.0 Å². The SMILES string of the molecule is CCc1ccc(OCc2nnc(SCCC(=O)O)n2Cc2ccccc2)cc1. The molecule has 0 unspecified atom stereocenters. The zero-order valence-corrected chi connectivity index (χ0v) is 16.6. The van der Waals surface area contributed by atoms with Gasteiger partial charge in [0.2, 0.25) is 0 Å². The summed E-state index contributed by atoms with van der Waals surface area (Å²) in [5, 5.41) is 18.1. The van der Waals surface area contributed by atoms with Gasteiger partial charge in [-0.25, -0.2) is 0 Å². The van der Waals surface area contributed by atoms with E-state index >= 15 is 0 Å². The molecule has 0 spiro atoms. The second-order valence-corrected chi connectivity index (χ2v) is 7.31. The number of aliphatic carboxylic acids is 1. The molecule has 1 aromatic heterocycles. The first kappa shape index (κ1) is 19.9. The van der Waals surface area contributed by atoms with Crippen LogP contribution in [0.3, 0.4) is 0 Å². The Labute approximate surface area is 168 Å². The first-order valence-electron chi connectivity index (χ1n) is 9.18. The summed E-state index contributed by atoms with van der Waals surface area (Å²) in [6.45, 7) is 3.02. The van der Waals surface area contributed by atoms with E-state index in [4.69, 9.17) is 9.84 Å². The summed E-state index contributed by atoms with van der Waals surface area (Å²) in [6.07, 6.45) is 1.07. The van der Waals surface area contributed by atoms with Crippen molar-refractivity contribution in [3.8, 4) is 5.75 Å². The molecule has 0 bridgehead atoms. The van der Waals surface area contributed by atoms with Crippen LogP contribution >= 0.6 is 11.8 Å². The quantitative estimate of drug-likeness (QED) is 0.521. The summed E-state index contributed by atoms with van der Waals surface area (Å²) in [4.78, 5) is 10.8. The van der Waals surface area contributed by atoms with Crippen LogP contribution in [0.5, 0.6) is 5.75 Å². The maximum atomic E-state index is 10.8. The number of nitrogens with zero attached hydrogens (tertiary/aromatic N) is 3. The van der Waals surface area contributed by atoms with E-state index < -0.39 is 5.97 Å². The van der Waals surface area contributed by atoms with E-state index in [2.05, 4.69) is 29.3 Å². The number of thioether (sulfide) groups is 1. The minimum atomic E-state index is -0.819. The molecule has 0 aliphatic carbocycles. The third-order valence-electron chi connectivity index (χ3n) is 4.22. The predicted octanol–water partition coefficient (Wildman–Crippen LogP) is 4.03. The molecule has 146 valence electrons. The second-order valence-electron chi connectivity index (χ2n) is 6.25. The minimum Gasteiger partial charge on any atom is -0.486 e. The topological polar surface area (TPSA) is 77.2 Å². The minimum absolute atomic E-state index is 0.0818. The zero-order valence-electron chi connectivity index (χ0n) is 15.7. The van der Waals surface area contributed by atoms with Crippen molar-refractivity contribution >= 4 is 17.7 Å². The number of aryl methyl sites for hydroxylation is 1. The van der Waals surface area contributed by atoms with Crippen molar-refractivity contribution in [1.82, 2.24) is 14.8 Å². The Morgan fingerprint density at radius 2 is 1.82 bits per heavy atom. The van der Waals surface area contributed by atoms with Crippen molar-refractivity contribution in [3.05, 3.63) is 71.5 Å². The molecular weight excluding hydrogens is 374 g/mol. The fourth-order valence-electron chi connectivity index (χ4n) is 2.66. The first-order valence-corrected chi connectivity index (χ1v) is 10.2. The van der Waals surface area contributed by atoms with Crippen molar-refractivity contribution in [2.45, 2.75) is 38.1 Å². The molecule has 28 heavy (non-hydrogen) atoms. The molecule has 0 aliphatic rings. The first-order chi connectivity index (χ1) is 13.7. The maximum Gasteiger partial charge on any atom is 0.304 e. The van der Waals surface area contributed by atoms with Crippen LogP contribution in [0.25, 0.3) is 0 Å². The van der Waals surface area contributed by atoms with Gasteiger partial charge in [0.25, 0.3) is 0 Å². The highest BCUT2D eigenvalue weighted by molar-refractivity contribution is 7.99. The van der Waals surface area contributed by atoms with Gasteiger partial charge in [-0.2, -0.15) is 0 Å². The lowest BCUT2D eigenvalue weighted by molar-refractivity contribution is -0.136.